The van der Waals surface area contributed by atoms with E-state index >= 15 is 0 Å². The van der Waals surface area contributed by atoms with Gasteiger partial charge in [0.25, 0.3) is 0 Å². The highest BCUT2D eigenvalue weighted by Crippen LogP contribution is 2.17. The van der Waals surface area contributed by atoms with Gasteiger partial charge in [-0.25, -0.2) is 14.3 Å². The molecule has 6 heteroatoms. The van der Waals surface area contributed by atoms with Gasteiger partial charge in [0, 0.05) is 5.69 Å². The summed E-state index contributed by atoms with van der Waals surface area (Å²) in [7, 11) is 0. The van der Waals surface area contributed by atoms with Crippen LogP contribution in [0.4, 0.5) is 0 Å². The van der Waals surface area contributed by atoms with E-state index in [1.807, 2.05) is 6.92 Å². The quantitative estimate of drug-likeness (QED) is 0.621. The topological polar surface area (TPSA) is 56.5 Å². The molecule has 0 spiro atoms. The molecule has 0 aromatic carbocycles. The van der Waals surface area contributed by atoms with Crippen molar-refractivity contribution in [2.24, 2.45) is 0 Å². The van der Waals surface area contributed by atoms with Gasteiger partial charge in [0.1, 0.15) is 10.7 Å². The van der Waals surface area contributed by atoms with E-state index in [0.717, 1.165) is 12.1 Å². The highest BCUT2D eigenvalue weighted by atomic mass is 35.5. The first-order valence-electron chi connectivity index (χ1n) is 5.37. The average Bonchev–Trinajstić information content (AvgIpc) is 2.73. The minimum Gasteiger partial charge on any atom is -0.462 e. The Morgan fingerprint density at radius 2 is 2.29 bits per heavy atom. The molecular weight excluding hydrogens is 242 g/mol. The molecule has 2 aromatic heterocycles. The number of carbonyl (C=O) groups excluding carboxylic acids is 1. The number of carbonyl (C=O) groups is 1. The number of halogens is 1. The van der Waals surface area contributed by atoms with Crippen molar-refractivity contribution in [2.45, 2.75) is 20.3 Å². The molecule has 0 saturated heterocycles. The zero-order valence-electron chi connectivity index (χ0n) is 9.61. The van der Waals surface area contributed by atoms with Gasteiger partial charge >= 0.3 is 5.97 Å². The molecule has 0 aliphatic rings. The second-order valence-electron chi connectivity index (χ2n) is 3.44. The van der Waals surface area contributed by atoms with Crippen LogP contribution in [-0.4, -0.2) is 27.2 Å². The maximum atomic E-state index is 11.7. The predicted molar refractivity (Wildman–Crippen MR) is 63.3 cm³/mol. The number of esters is 1. The van der Waals surface area contributed by atoms with Gasteiger partial charge in [-0.3, -0.25) is 0 Å². The summed E-state index contributed by atoms with van der Waals surface area (Å²) < 4.78 is 6.36. The van der Waals surface area contributed by atoms with Gasteiger partial charge in [-0.1, -0.05) is 18.5 Å². The molecule has 0 saturated carbocycles. The summed E-state index contributed by atoms with van der Waals surface area (Å²) >= 11 is 6.04. The lowest BCUT2D eigenvalue weighted by atomic mass is 10.3. The van der Waals surface area contributed by atoms with Gasteiger partial charge in [0.2, 0.25) is 0 Å². The third kappa shape index (κ3) is 2.10. The van der Waals surface area contributed by atoms with Crippen molar-refractivity contribution in [3.63, 3.8) is 0 Å². The smallest absolute Gasteiger partial charge is 0.343 e. The van der Waals surface area contributed by atoms with E-state index in [4.69, 9.17) is 16.3 Å². The molecule has 17 heavy (non-hydrogen) atoms. The molecule has 0 aliphatic heterocycles. The van der Waals surface area contributed by atoms with E-state index in [0.29, 0.717) is 23.0 Å². The number of nitrogens with zero attached hydrogens (tertiary/aromatic N) is 3. The van der Waals surface area contributed by atoms with Gasteiger partial charge in [-0.15, -0.1) is 0 Å². The molecule has 2 rings (SSSR count). The lowest BCUT2D eigenvalue weighted by Crippen LogP contribution is -2.06. The fraction of sp³-hybridized carbons (Fsp3) is 0.364. The Hall–Kier alpha value is -1.62. The Morgan fingerprint density at radius 1 is 1.53 bits per heavy atom. The molecule has 0 bridgehead atoms. The van der Waals surface area contributed by atoms with Gasteiger partial charge in [-0.2, -0.15) is 5.10 Å². The van der Waals surface area contributed by atoms with Crippen LogP contribution >= 0.6 is 11.6 Å². The molecule has 0 atom stereocenters. The first-order chi connectivity index (χ1) is 8.17. The van der Waals surface area contributed by atoms with E-state index in [2.05, 4.69) is 10.1 Å². The van der Waals surface area contributed by atoms with Crippen molar-refractivity contribution in [3.8, 4) is 0 Å². The number of aryl methyl sites for hydroxylation is 1. The van der Waals surface area contributed by atoms with Crippen molar-refractivity contribution in [1.82, 2.24) is 14.6 Å². The van der Waals surface area contributed by atoms with Crippen molar-refractivity contribution in [1.29, 1.82) is 0 Å². The van der Waals surface area contributed by atoms with Crippen molar-refractivity contribution >= 4 is 23.2 Å². The molecule has 0 amide bonds. The fourth-order valence-electron chi connectivity index (χ4n) is 1.51. The number of hydrogen-bond donors (Lipinski definition) is 0. The Kier molecular flexibility index (Phi) is 3.28. The van der Waals surface area contributed by atoms with Crippen LogP contribution in [0.25, 0.3) is 5.65 Å². The second kappa shape index (κ2) is 4.71. The number of ether oxygens (including phenoxy) is 1. The van der Waals surface area contributed by atoms with Crippen LogP contribution in [0.1, 0.15) is 29.9 Å². The van der Waals surface area contributed by atoms with Crippen LogP contribution in [0.5, 0.6) is 0 Å². The molecule has 0 radical (unpaired) electrons. The minimum atomic E-state index is -0.431. The fourth-order valence-corrected chi connectivity index (χ4v) is 1.76. The van der Waals surface area contributed by atoms with E-state index in [1.165, 1.54) is 10.7 Å². The van der Waals surface area contributed by atoms with Crippen molar-refractivity contribution < 1.29 is 9.53 Å². The molecule has 90 valence electrons. The zero-order chi connectivity index (χ0) is 12.4. The van der Waals surface area contributed by atoms with Crippen LogP contribution in [0.3, 0.4) is 0 Å². The number of rotatable bonds is 3. The van der Waals surface area contributed by atoms with Crippen molar-refractivity contribution in [2.75, 3.05) is 6.61 Å². The molecule has 0 unspecified atom stereocenters. The lowest BCUT2D eigenvalue weighted by molar-refractivity contribution is 0.0528. The van der Waals surface area contributed by atoms with Crippen LogP contribution in [-0.2, 0) is 11.2 Å². The summed E-state index contributed by atoms with van der Waals surface area (Å²) in [5.41, 5.74) is 1.59. The van der Waals surface area contributed by atoms with Crippen LogP contribution in [0.15, 0.2) is 12.3 Å². The van der Waals surface area contributed by atoms with E-state index < -0.39 is 5.97 Å². The summed E-state index contributed by atoms with van der Waals surface area (Å²) in [4.78, 5) is 16.0. The minimum absolute atomic E-state index is 0.317. The number of hydrogen-bond acceptors (Lipinski definition) is 4. The van der Waals surface area contributed by atoms with Crippen LogP contribution in [0, 0.1) is 0 Å². The zero-order valence-corrected chi connectivity index (χ0v) is 10.4. The van der Waals surface area contributed by atoms with Crippen LogP contribution in [0.2, 0.25) is 5.15 Å². The standard InChI is InChI=1S/C11H12ClN3O2/c1-3-7-5-9(12)15-10(14-7)8(6-13-15)11(16)17-4-2/h5-6H,3-4H2,1-2H3. The highest BCUT2D eigenvalue weighted by molar-refractivity contribution is 6.29. The summed E-state index contributed by atoms with van der Waals surface area (Å²) in [6.45, 7) is 4.04. The molecule has 2 heterocycles. The van der Waals surface area contributed by atoms with E-state index in [1.54, 1.807) is 13.0 Å². The van der Waals surface area contributed by atoms with E-state index in [-0.39, 0.29) is 0 Å². The predicted octanol–water partition coefficient (Wildman–Crippen LogP) is 2.12. The Bertz CT molecular complexity index is 565. The Balaban J connectivity index is 2.58. The summed E-state index contributed by atoms with van der Waals surface area (Å²) in [6.07, 6.45) is 2.16. The molecular formula is C11H12ClN3O2. The lowest BCUT2D eigenvalue weighted by Gasteiger charge is -2.02. The third-order valence-corrected chi connectivity index (χ3v) is 2.61. The number of aromatic nitrogens is 3. The van der Waals surface area contributed by atoms with Gasteiger partial charge in [0.05, 0.1) is 12.8 Å². The maximum Gasteiger partial charge on any atom is 0.343 e. The average molecular weight is 254 g/mol. The maximum absolute atomic E-state index is 11.7. The van der Waals surface area contributed by atoms with Gasteiger partial charge < -0.3 is 4.74 Å². The molecule has 5 nitrogen and oxygen atoms in total. The summed E-state index contributed by atoms with van der Waals surface area (Å²) in [5.74, 6) is -0.431. The summed E-state index contributed by atoms with van der Waals surface area (Å²) in [6, 6.07) is 1.73. The van der Waals surface area contributed by atoms with Gasteiger partial charge in [0.15, 0.2) is 5.65 Å². The largest absolute Gasteiger partial charge is 0.462 e. The first-order valence-corrected chi connectivity index (χ1v) is 5.75. The molecule has 0 fully saturated rings. The highest BCUT2D eigenvalue weighted by Gasteiger charge is 2.16. The number of fused-ring (bicyclic) bond motifs is 1. The third-order valence-electron chi connectivity index (χ3n) is 2.34. The summed E-state index contributed by atoms with van der Waals surface area (Å²) in [5, 5.41) is 4.45. The van der Waals surface area contributed by atoms with Crippen LogP contribution < -0.4 is 0 Å². The molecule has 0 N–H and O–H groups in total. The van der Waals surface area contributed by atoms with Crippen molar-refractivity contribution in [3.05, 3.63) is 28.7 Å². The molecule has 0 aliphatic carbocycles. The monoisotopic (exact) mass is 253 g/mol. The SMILES string of the molecule is CCOC(=O)c1cnn2c(Cl)cc(CC)nc12. The molecule has 2 aromatic rings. The Morgan fingerprint density at radius 3 is 2.94 bits per heavy atom. The second-order valence-corrected chi connectivity index (χ2v) is 3.83. The first kappa shape index (κ1) is 11.9. The van der Waals surface area contributed by atoms with E-state index in [9.17, 15) is 4.79 Å². The Labute approximate surface area is 103 Å². The normalized spacial score (nSPS) is 10.8. The van der Waals surface area contributed by atoms with Gasteiger partial charge in [-0.05, 0) is 19.4 Å².